The summed E-state index contributed by atoms with van der Waals surface area (Å²) in [4.78, 5) is 35.5. The van der Waals surface area contributed by atoms with E-state index in [1.807, 2.05) is 6.08 Å². The molecule has 2 N–H and O–H groups in total. The number of thioether (sulfide) groups is 1. The van der Waals surface area contributed by atoms with Crippen LogP contribution in [0.2, 0.25) is 0 Å². The van der Waals surface area contributed by atoms with Gasteiger partial charge in [0.2, 0.25) is 5.91 Å². The lowest BCUT2D eigenvalue weighted by molar-refractivity contribution is -0.144. The lowest BCUT2D eigenvalue weighted by Crippen LogP contribution is -2.45. The Labute approximate surface area is 139 Å². The molecule has 0 heterocycles. The van der Waals surface area contributed by atoms with Crippen molar-refractivity contribution in [1.29, 1.82) is 0 Å². The van der Waals surface area contributed by atoms with Gasteiger partial charge in [0.25, 0.3) is 0 Å². The molecule has 2 aliphatic rings. The molecule has 6 heteroatoms. The van der Waals surface area contributed by atoms with E-state index in [4.69, 9.17) is 0 Å². The summed E-state index contributed by atoms with van der Waals surface area (Å²) >= 11 is 1.13. The number of rotatable bonds is 8. The van der Waals surface area contributed by atoms with Gasteiger partial charge in [-0.3, -0.25) is 9.59 Å². The van der Waals surface area contributed by atoms with Gasteiger partial charge in [-0.2, -0.15) is 0 Å². The first-order valence-electron chi connectivity index (χ1n) is 7.67. The van der Waals surface area contributed by atoms with Crippen LogP contribution >= 0.6 is 11.8 Å². The second-order valence-corrected chi connectivity index (χ2v) is 6.75. The number of nitrogens with one attached hydrogen (secondary N) is 1. The van der Waals surface area contributed by atoms with Gasteiger partial charge in [0.05, 0.1) is 5.92 Å². The third-order valence-corrected chi connectivity index (χ3v) is 5.06. The quantitative estimate of drug-likeness (QED) is 0.666. The minimum atomic E-state index is -1.42. The van der Waals surface area contributed by atoms with Crippen LogP contribution in [0.15, 0.2) is 36.5 Å². The fraction of sp³-hybridized carbons (Fsp3) is 0.471. The molecule has 124 valence electrons. The molecule has 2 atom stereocenters. The molecule has 0 bridgehead atoms. The first-order chi connectivity index (χ1) is 11.0. The van der Waals surface area contributed by atoms with Crippen LogP contribution in [-0.2, 0) is 14.4 Å². The van der Waals surface area contributed by atoms with Gasteiger partial charge in [-0.05, 0) is 31.3 Å². The van der Waals surface area contributed by atoms with Gasteiger partial charge in [-0.15, -0.1) is 6.58 Å². The summed E-state index contributed by atoms with van der Waals surface area (Å²) < 4.78 is 0. The van der Waals surface area contributed by atoms with Crippen LogP contribution < -0.4 is 5.32 Å². The molecule has 5 nitrogen and oxygen atoms in total. The standard InChI is InChI=1S/C17H21NO4S/c1-2-3-9-14(19)18-17(16(21)22)10-13(17)15(20)23-11-12-7-5-4-6-8-12/h2,5,7-8,13H,1,3-4,6,9-11H2,(H,18,19)(H,21,22). The zero-order valence-electron chi connectivity index (χ0n) is 12.9. The van der Waals surface area contributed by atoms with Crippen molar-refractivity contribution < 1.29 is 19.5 Å². The Morgan fingerprint density at radius 2 is 2.22 bits per heavy atom. The molecule has 23 heavy (non-hydrogen) atoms. The van der Waals surface area contributed by atoms with Gasteiger partial charge in [0.15, 0.2) is 5.12 Å². The van der Waals surface area contributed by atoms with E-state index in [2.05, 4.69) is 24.0 Å². The van der Waals surface area contributed by atoms with E-state index in [-0.39, 0.29) is 23.9 Å². The Morgan fingerprint density at radius 3 is 2.83 bits per heavy atom. The number of carbonyl (C=O) groups excluding carboxylic acids is 2. The molecule has 0 aromatic rings. The molecule has 0 radical (unpaired) electrons. The summed E-state index contributed by atoms with van der Waals surface area (Å²) in [6.07, 6.45) is 10.6. The first kappa shape index (κ1) is 17.5. The second kappa shape index (κ2) is 7.64. The van der Waals surface area contributed by atoms with Gasteiger partial charge in [0, 0.05) is 12.2 Å². The zero-order valence-corrected chi connectivity index (χ0v) is 13.7. The van der Waals surface area contributed by atoms with E-state index in [9.17, 15) is 19.5 Å². The number of carboxylic acid groups (broad SMARTS) is 1. The predicted molar refractivity (Wildman–Crippen MR) is 90.0 cm³/mol. The van der Waals surface area contributed by atoms with Crippen LogP contribution in [0.5, 0.6) is 0 Å². The Bertz CT molecular complexity index is 581. The van der Waals surface area contributed by atoms with Crippen LogP contribution in [-0.4, -0.2) is 33.4 Å². The maximum absolute atomic E-state index is 12.2. The highest BCUT2D eigenvalue weighted by Crippen LogP contribution is 2.47. The van der Waals surface area contributed by atoms with E-state index in [1.54, 1.807) is 6.08 Å². The Kier molecular flexibility index (Phi) is 5.82. The Morgan fingerprint density at radius 1 is 1.43 bits per heavy atom. The zero-order chi connectivity index (χ0) is 16.9. The van der Waals surface area contributed by atoms with Gasteiger partial charge in [-0.1, -0.05) is 36.1 Å². The average molecular weight is 335 g/mol. The van der Waals surface area contributed by atoms with Crippen LogP contribution in [0.4, 0.5) is 0 Å². The molecule has 1 saturated carbocycles. The molecule has 0 aromatic heterocycles. The summed E-state index contributed by atoms with van der Waals surface area (Å²) in [6.45, 7) is 3.53. The minimum absolute atomic E-state index is 0.170. The molecule has 1 fully saturated rings. The van der Waals surface area contributed by atoms with Gasteiger partial charge < -0.3 is 10.4 Å². The number of hydrogen-bond donors (Lipinski definition) is 2. The SMILES string of the molecule is C=CCCC(=O)NC1(C(=O)O)CC1C(=O)SCC1=CCCC=C1. The van der Waals surface area contributed by atoms with Crippen molar-refractivity contribution in [2.45, 2.75) is 37.6 Å². The van der Waals surface area contributed by atoms with Crippen molar-refractivity contribution in [1.82, 2.24) is 5.32 Å². The highest BCUT2D eigenvalue weighted by molar-refractivity contribution is 8.13. The second-order valence-electron chi connectivity index (χ2n) is 5.78. The number of allylic oxidation sites excluding steroid dienone is 4. The lowest BCUT2D eigenvalue weighted by Gasteiger charge is -2.14. The van der Waals surface area contributed by atoms with Gasteiger partial charge in [-0.25, -0.2) is 4.79 Å². The van der Waals surface area contributed by atoms with Gasteiger partial charge >= 0.3 is 5.97 Å². The molecular weight excluding hydrogens is 314 g/mol. The van der Waals surface area contributed by atoms with Gasteiger partial charge in [0.1, 0.15) is 5.54 Å². The summed E-state index contributed by atoms with van der Waals surface area (Å²) in [6, 6.07) is 0. The van der Waals surface area contributed by atoms with Crippen molar-refractivity contribution in [3.05, 3.63) is 36.5 Å². The highest BCUT2D eigenvalue weighted by atomic mass is 32.2. The number of carbonyl (C=O) groups is 3. The van der Waals surface area contributed by atoms with E-state index in [1.165, 1.54) is 0 Å². The Hall–Kier alpha value is -1.82. The first-order valence-corrected chi connectivity index (χ1v) is 8.65. The molecule has 0 spiro atoms. The lowest BCUT2D eigenvalue weighted by atomic mass is 10.1. The fourth-order valence-corrected chi connectivity index (χ4v) is 3.56. The number of carboxylic acids is 1. The van der Waals surface area contributed by atoms with E-state index >= 15 is 0 Å². The van der Waals surface area contributed by atoms with Crippen molar-refractivity contribution in [3.63, 3.8) is 0 Å². The molecule has 0 aliphatic heterocycles. The third kappa shape index (κ3) is 4.34. The van der Waals surface area contributed by atoms with Crippen LogP contribution in [0.3, 0.4) is 0 Å². The van der Waals surface area contributed by atoms with Crippen molar-refractivity contribution in [2.75, 3.05) is 5.75 Å². The molecule has 2 rings (SSSR count). The monoisotopic (exact) mass is 335 g/mol. The maximum atomic E-state index is 12.2. The Balaban J connectivity index is 1.89. The van der Waals surface area contributed by atoms with Crippen LogP contribution in [0.25, 0.3) is 0 Å². The largest absolute Gasteiger partial charge is 0.479 e. The summed E-state index contributed by atoms with van der Waals surface area (Å²) in [5.74, 6) is -1.59. The molecule has 1 amide bonds. The highest BCUT2D eigenvalue weighted by Gasteiger charge is 2.65. The normalized spacial score (nSPS) is 25.4. The van der Waals surface area contributed by atoms with Crippen LogP contribution in [0, 0.1) is 5.92 Å². The van der Waals surface area contributed by atoms with E-state index < -0.39 is 17.4 Å². The average Bonchev–Trinajstić information content (AvgIpc) is 3.27. The number of hydrogen-bond acceptors (Lipinski definition) is 4. The van der Waals surface area contributed by atoms with Crippen molar-refractivity contribution in [2.24, 2.45) is 5.92 Å². The minimum Gasteiger partial charge on any atom is -0.479 e. The van der Waals surface area contributed by atoms with E-state index in [0.717, 1.165) is 30.2 Å². The molecular formula is C17H21NO4S. The summed E-state index contributed by atoms with van der Waals surface area (Å²) in [5, 5.41) is 11.7. The van der Waals surface area contributed by atoms with Crippen LogP contribution in [0.1, 0.15) is 32.1 Å². The predicted octanol–water partition coefficient (Wildman–Crippen LogP) is 2.45. The van der Waals surface area contributed by atoms with Crippen molar-refractivity contribution in [3.8, 4) is 0 Å². The molecule has 2 aliphatic carbocycles. The summed E-state index contributed by atoms with van der Waals surface area (Å²) in [5.41, 5.74) is -0.328. The van der Waals surface area contributed by atoms with Crippen molar-refractivity contribution >= 4 is 28.8 Å². The number of amides is 1. The molecule has 2 unspecified atom stereocenters. The number of aliphatic carboxylic acids is 1. The fourth-order valence-electron chi connectivity index (χ4n) is 2.55. The maximum Gasteiger partial charge on any atom is 0.330 e. The molecule has 0 aromatic carbocycles. The topological polar surface area (TPSA) is 83.5 Å². The summed E-state index contributed by atoms with van der Waals surface area (Å²) in [7, 11) is 0. The molecule has 0 saturated heterocycles. The smallest absolute Gasteiger partial charge is 0.330 e. The third-order valence-electron chi connectivity index (χ3n) is 4.02. The van der Waals surface area contributed by atoms with E-state index in [0.29, 0.717) is 12.2 Å².